The van der Waals surface area contributed by atoms with E-state index < -0.39 is 0 Å². The van der Waals surface area contributed by atoms with E-state index in [1.165, 1.54) is 5.57 Å². The summed E-state index contributed by atoms with van der Waals surface area (Å²) in [6, 6.07) is 0. The fourth-order valence-corrected chi connectivity index (χ4v) is 0.627. The average Bonchev–Trinajstić information content (AvgIpc) is 1.87. The summed E-state index contributed by atoms with van der Waals surface area (Å²) in [5, 5.41) is 0. The Morgan fingerprint density at radius 3 is 2.57 bits per heavy atom. The molecule has 0 aliphatic carbocycles. The second kappa shape index (κ2) is 1.51. The Morgan fingerprint density at radius 1 is 1.71 bits per heavy atom. The third kappa shape index (κ3) is 0.904. The van der Waals surface area contributed by atoms with Crippen LogP contribution in [0.25, 0.3) is 0 Å². The summed E-state index contributed by atoms with van der Waals surface area (Å²) in [5.74, 6) is 0. The lowest BCUT2D eigenvalue weighted by Gasteiger charge is -2.01. The van der Waals surface area contributed by atoms with Gasteiger partial charge in [-0.15, -0.1) is 7.05 Å². The fourth-order valence-electron chi connectivity index (χ4n) is 0.627. The zero-order chi connectivity index (χ0) is 5.28. The maximum absolute atomic E-state index is 3.74. The zero-order valence-corrected chi connectivity index (χ0v) is 4.44. The van der Waals surface area contributed by atoms with E-state index in [4.69, 9.17) is 0 Å². The Morgan fingerprint density at radius 2 is 2.43 bits per heavy atom. The number of nitrogens with one attached hydrogen (secondary N) is 1. The zero-order valence-electron chi connectivity index (χ0n) is 4.44. The van der Waals surface area contributed by atoms with Crippen molar-refractivity contribution in [2.75, 3.05) is 0 Å². The van der Waals surface area contributed by atoms with E-state index in [0.717, 1.165) is 4.90 Å². The summed E-state index contributed by atoms with van der Waals surface area (Å²) in [7, 11) is 3.74. The first-order chi connectivity index (χ1) is 3.29. The highest BCUT2D eigenvalue weighted by Crippen LogP contribution is 1.91. The Balaban J connectivity index is 2.69. The summed E-state index contributed by atoms with van der Waals surface area (Å²) in [6.45, 7) is 2.06. The molecule has 0 spiro atoms. The van der Waals surface area contributed by atoms with Crippen LogP contribution in [0.15, 0.2) is 24.0 Å². The van der Waals surface area contributed by atoms with Gasteiger partial charge < -0.3 is 4.90 Å². The first-order valence-electron chi connectivity index (χ1n) is 2.34. The third-order valence-electron chi connectivity index (χ3n) is 0.973. The molecule has 0 radical (unpaired) electrons. The minimum Gasteiger partial charge on any atom is -0.414 e. The smallest absolute Gasteiger partial charge is 0.0754 e. The highest BCUT2D eigenvalue weighted by molar-refractivity contribution is 5.14. The predicted molar refractivity (Wildman–Crippen MR) is 29.2 cm³/mol. The van der Waals surface area contributed by atoms with Crippen molar-refractivity contribution < 1.29 is 4.90 Å². The van der Waals surface area contributed by atoms with Gasteiger partial charge in [-0.3, -0.25) is 0 Å². The van der Waals surface area contributed by atoms with Gasteiger partial charge in [0.25, 0.3) is 0 Å². The molecule has 1 unspecified atom stereocenters. The van der Waals surface area contributed by atoms with E-state index in [0.29, 0.717) is 0 Å². The summed E-state index contributed by atoms with van der Waals surface area (Å²) >= 11 is 0. The van der Waals surface area contributed by atoms with E-state index in [2.05, 4.69) is 26.2 Å². The van der Waals surface area contributed by atoms with Crippen molar-refractivity contribution in [3.63, 3.8) is 0 Å². The van der Waals surface area contributed by atoms with Gasteiger partial charge in [0.15, 0.2) is 0 Å². The maximum Gasteiger partial charge on any atom is 0.0754 e. The summed E-state index contributed by atoms with van der Waals surface area (Å²) in [5.41, 5.74) is 1.30. The van der Waals surface area contributed by atoms with Crippen LogP contribution < -0.4 is 4.90 Å². The molecule has 0 aromatic rings. The quantitative estimate of drug-likeness (QED) is 0.407. The first kappa shape index (κ1) is 4.60. The topological polar surface area (TPSA) is 4.44 Å². The minimum absolute atomic E-state index is 1.11. The molecule has 1 atom stereocenters. The lowest BCUT2D eigenvalue weighted by Crippen LogP contribution is -2.95. The SMILES string of the molecule is [CH2-][NH+]1C=CC(C)=C1. The molecule has 1 nitrogen and oxygen atoms in total. The molecule has 0 aromatic carbocycles. The van der Waals surface area contributed by atoms with Crippen LogP contribution in [0.1, 0.15) is 6.92 Å². The molecular formula is C6H9N. The number of hydrogen-bond acceptors (Lipinski definition) is 0. The molecule has 0 aromatic heterocycles. The molecule has 1 heterocycles. The van der Waals surface area contributed by atoms with E-state index in [-0.39, 0.29) is 0 Å². The minimum atomic E-state index is 1.11. The molecule has 1 aliphatic heterocycles. The van der Waals surface area contributed by atoms with Crippen LogP contribution in [0.3, 0.4) is 0 Å². The highest BCUT2D eigenvalue weighted by Gasteiger charge is 1.93. The van der Waals surface area contributed by atoms with Crippen molar-refractivity contribution in [3.05, 3.63) is 31.1 Å². The normalized spacial score (nSPS) is 28.3. The van der Waals surface area contributed by atoms with Gasteiger partial charge in [0.2, 0.25) is 0 Å². The van der Waals surface area contributed by atoms with Gasteiger partial charge in [-0.25, -0.2) is 0 Å². The number of hydrogen-bond donors (Lipinski definition) is 1. The van der Waals surface area contributed by atoms with Gasteiger partial charge in [-0.1, -0.05) is 0 Å². The molecule has 0 fully saturated rings. The fraction of sp³-hybridized carbons (Fsp3) is 0.167. The van der Waals surface area contributed by atoms with Gasteiger partial charge in [-0.05, 0) is 13.0 Å². The first-order valence-corrected chi connectivity index (χ1v) is 2.34. The van der Waals surface area contributed by atoms with Crippen LogP contribution in [-0.4, -0.2) is 0 Å². The predicted octanol–water partition coefficient (Wildman–Crippen LogP) is 0.0940. The van der Waals surface area contributed by atoms with E-state index in [9.17, 15) is 0 Å². The number of rotatable bonds is 0. The number of allylic oxidation sites excluding steroid dienone is 2. The second-order valence-electron chi connectivity index (χ2n) is 1.80. The molecule has 1 rings (SSSR count). The standard InChI is InChI=1S/C6H9N/c1-6-3-4-7(2)5-6/h3-5,7H,2H2,1H3. The van der Waals surface area contributed by atoms with E-state index in [1.807, 2.05) is 6.20 Å². The maximum atomic E-state index is 3.74. The summed E-state index contributed by atoms with van der Waals surface area (Å²) < 4.78 is 0. The second-order valence-corrected chi connectivity index (χ2v) is 1.80. The van der Waals surface area contributed by atoms with Crippen LogP contribution in [0.2, 0.25) is 0 Å². The molecular weight excluding hydrogens is 86.1 g/mol. The Labute approximate surface area is 43.9 Å². The van der Waals surface area contributed by atoms with E-state index in [1.54, 1.807) is 0 Å². The van der Waals surface area contributed by atoms with Crippen LogP contribution in [0, 0.1) is 7.05 Å². The van der Waals surface area contributed by atoms with Crippen molar-refractivity contribution in [1.82, 2.24) is 0 Å². The Kier molecular flexibility index (Phi) is 0.988. The highest BCUT2D eigenvalue weighted by atomic mass is 15.1. The van der Waals surface area contributed by atoms with Gasteiger partial charge in [0.1, 0.15) is 0 Å². The van der Waals surface area contributed by atoms with Crippen molar-refractivity contribution in [3.8, 4) is 0 Å². The number of quaternary nitrogens is 1. The van der Waals surface area contributed by atoms with Crippen molar-refractivity contribution in [2.45, 2.75) is 6.92 Å². The molecule has 0 amide bonds. The van der Waals surface area contributed by atoms with Crippen molar-refractivity contribution in [2.24, 2.45) is 0 Å². The molecule has 0 saturated heterocycles. The van der Waals surface area contributed by atoms with Crippen LogP contribution in [0.5, 0.6) is 0 Å². The average molecular weight is 95.1 g/mol. The lowest BCUT2D eigenvalue weighted by atomic mass is 10.4. The summed E-state index contributed by atoms with van der Waals surface area (Å²) in [4.78, 5) is 1.11. The van der Waals surface area contributed by atoms with Crippen molar-refractivity contribution >= 4 is 0 Å². The van der Waals surface area contributed by atoms with Crippen molar-refractivity contribution in [1.29, 1.82) is 0 Å². The molecule has 1 aliphatic rings. The third-order valence-corrected chi connectivity index (χ3v) is 0.973. The van der Waals surface area contributed by atoms with E-state index >= 15 is 0 Å². The van der Waals surface area contributed by atoms with Crippen LogP contribution >= 0.6 is 0 Å². The summed E-state index contributed by atoms with van der Waals surface area (Å²) in [6.07, 6.45) is 6.12. The Bertz CT molecular complexity index is 122. The van der Waals surface area contributed by atoms with Crippen LogP contribution in [-0.2, 0) is 0 Å². The molecule has 0 saturated carbocycles. The molecule has 38 valence electrons. The monoisotopic (exact) mass is 95.1 g/mol. The molecule has 1 N–H and O–H groups in total. The molecule has 7 heavy (non-hydrogen) atoms. The van der Waals surface area contributed by atoms with Gasteiger partial charge in [0, 0.05) is 5.57 Å². The van der Waals surface area contributed by atoms with Gasteiger partial charge >= 0.3 is 0 Å². The van der Waals surface area contributed by atoms with Gasteiger partial charge in [-0.2, -0.15) is 0 Å². The lowest BCUT2D eigenvalue weighted by molar-refractivity contribution is -0.733. The largest absolute Gasteiger partial charge is 0.414 e. The Hall–Kier alpha value is -0.560. The van der Waals surface area contributed by atoms with Crippen LogP contribution in [0.4, 0.5) is 0 Å². The van der Waals surface area contributed by atoms with Gasteiger partial charge in [0.05, 0.1) is 12.4 Å². The molecule has 1 heteroatoms. The molecule has 0 bridgehead atoms.